The number of nitrogens with zero attached hydrogens (tertiary/aromatic N) is 3. The minimum Gasteiger partial charge on any atom is -0.779 e. The first-order chi connectivity index (χ1) is 14.7. The molecular weight excluding hydrogens is 506 g/mol. The Labute approximate surface area is 195 Å². The Hall–Kier alpha value is -1.53. The fourth-order valence-corrected chi connectivity index (χ4v) is 3.91. The third-order valence-corrected chi connectivity index (χ3v) is 6.87. The van der Waals surface area contributed by atoms with E-state index < -0.39 is 62.5 Å². The monoisotopic (exact) mass is 531 g/mol. The summed E-state index contributed by atoms with van der Waals surface area (Å²) in [4.78, 5) is 86.0. The number of rotatable bonds is 8. The van der Waals surface area contributed by atoms with Crippen LogP contribution in [-0.4, -0.2) is 77.8 Å². The lowest BCUT2D eigenvalue weighted by atomic mass is 10.1. The van der Waals surface area contributed by atoms with Crippen LogP contribution in [0.25, 0.3) is 0 Å². The van der Waals surface area contributed by atoms with Crippen molar-refractivity contribution in [3.63, 3.8) is 0 Å². The molecule has 0 aromatic rings. The van der Waals surface area contributed by atoms with Crippen LogP contribution in [0.3, 0.4) is 0 Å². The SMILES string of the molecule is CC1(C)C(=O)N(CCCP(=O)([O-])O)C(=O)N1Cl.CC1(C)NC(=O)N([CH-]CCP(=O)([O-])O)C1=O. The van der Waals surface area contributed by atoms with Crippen molar-refractivity contribution in [3.05, 3.63) is 6.54 Å². The zero-order valence-corrected chi connectivity index (χ0v) is 20.9. The van der Waals surface area contributed by atoms with Gasteiger partial charge < -0.3 is 38.9 Å². The summed E-state index contributed by atoms with van der Waals surface area (Å²) in [5.74, 6) is -0.938. The molecule has 190 valence electrons. The van der Waals surface area contributed by atoms with Gasteiger partial charge in [0.1, 0.15) is 26.3 Å². The molecule has 2 saturated heterocycles. The number of amides is 6. The second kappa shape index (κ2) is 10.4. The van der Waals surface area contributed by atoms with Crippen molar-refractivity contribution in [1.29, 1.82) is 0 Å². The van der Waals surface area contributed by atoms with E-state index in [4.69, 9.17) is 21.6 Å². The zero-order chi connectivity index (χ0) is 26.0. The number of carbonyl (C=O) groups excluding carboxylic acids is 4. The van der Waals surface area contributed by atoms with Gasteiger partial charge in [-0.1, -0.05) is 0 Å². The quantitative estimate of drug-likeness (QED) is 0.158. The van der Waals surface area contributed by atoms with E-state index in [9.17, 15) is 38.1 Å². The number of hydrogen-bond donors (Lipinski definition) is 3. The molecule has 0 aromatic heterocycles. The van der Waals surface area contributed by atoms with Gasteiger partial charge in [-0.25, -0.2) is 15.8 Å². The first kappa shape index (κ1) is 29.5. The maximum atomic E-state index is 11.8. The number of urea groups is 2. The van der Waals surface area contributed by atoms with Crippen LogP contribution in [0, 0.1) is 6.54 Å². The van der Waals surface area contributed by atoms with Gasteiger partial charge in [-0.05, 0) is 40.3 Å². The van der Waals surface area contributed by atoms with Gasteiger partial charge in [-0.3, -0.25) is 19.3 Å². The minimum absolute atomic E-state index is 0.0183. The molecule has 2 rings (SSSR count). The summed E-state index contributed by atoms with van der Waals surface area (Å²) in [5, 5.41) is 2.44. The third-order valence-electron chi connectivity index (χ3n) is 4.60. The van der Waals surface area contributed by atoms with E-state index in [1.165, 1.54) is 13.8 Å². The van der Waals surface area contributed by atoms with Crippen LogP contribution in [0.2, 0.25) is 0 Å². The van der Waals surface area contributed by atoms with Gasteiger partial charge in [-0.2, -0.15) is 6.42 Å². The van der Waals surface area contributed by atoms with Crippen molar-refractivity contribution < 1.29 is 47.9 Å². The molecule has 2 atom stereocenters. The average Bonchev–Trinajstić information content (AvgIpc) is 2.91. The second-order valence-corrected chi connectivity index (χ2v) is 12.1. The number of halogens is 1. The summed E-state index contributed by atoms with van der Waals surface area (Å²) < 4.78 is 21.8. The molecule has 0 bridgehead atoms. The molecule has 33 heavy (non-hydrogen) atoms. The molecule has 14 nitrogen and oxygen atoms in total. The van der Waals surface area contributed by atoms with Gasteiger partial charge in [0.15, 0.2) is 0 Å². The van der Waals surface area contributed by atoms with E-state index in [1.54, 1.807) is 13.8 Å². The molecule has 0 radical (unpaired) electrons. The highest BCUT2D eigenvalue weighted by molar-refractivity contribution is 7.50. The Bertz CT molecular complexity index is 900. The smallest absolute Gasteiger partial charge is 0.342 e. The maximum Gasteiger partial charge on any atom is 0.342 e. The van der Waals surface area contributed by atoms with Crippen molar-refractivity contribution in [2.75, 3.05) is 18.9 Å². The largest absolute Gasteiger partial charge is 0.779 e. The zero-order valence-electron chi connectivity index (χ0n) is 18.4. The molecular formula is C16H26ClN4O10P2-3. The highest BCUT2D eigenvalue weighted by Crippen LogP contribution is 2.33. The van der Waals surface area contributed by atoms with Gasteiger partial charge >= 0.3 is 6.03 Å². The topological polar surface area (TPSA) is 211 Å². The van der Waals surface area contributed by atoms with Crippen molar-refractivity contribution in [1.82, 2.24) is 19.5 Å². The predicted molar refractivity (Wildman–Crippen MR) is 111 cm³/mol. The highest BCUT2D eigenvalue weighted by atomic mass is 35.5. The van der Waals surface area contributed by atoms with Crippen LogP contribution in [0.1, 0.15) is 40.5 Å². The molecule has 2 aliphatic rings. The number of imide groups is 2. The van der Waals surface area contributed by atoms with Gasteiger partial charge in [0.2, 0.25) is 5.91 Å². The van der Waals surface area contributed by atoms with E-state index in [1.807, 2.05) is 0 Å². The Kier molecular flexibility index (Phi) is 9.29. The van der Waals surface area contributed by atoms with Crippen LogP contribution in [-0.2, 0) is 18.7 Å². The fraction of sp³-hybridized carbons (Fsp3) is 0.688. The van der Waals surface area contributed by atoms with Gasteiger partial charge in [0.05, 0.1) is 0 Å². The normalized spacial score (nSPS) is 23.1. The maximum absolute atomic E-state index is 11.8. The number of carbonyl (C=O) groups is 4. The fourth-order valence-electron chi connectivity index (χ4n) is 2.76. The molecule has 3 N–H and O–H groups in total. The molecule has 0 saturated carbocycles. The third kappa shape index (κ3) is 8.03. The molecule has 2 heterocycles. The molecule has 6 amide bonds. The first-order valence-electron chi connectivity index (χ1n) is 9.57. The number of hydrogen-bond acceptors (Lipinski definition) is 8. The Morgan fingerprint density at radius 2 is 1.52 bits per heavy atom. The Balaban J connectivity index is 0.000000331. The van der Waals surface area contributed by atoms with Crippen molar-refractivity contribution in [2.24, 2.45) is 0 Å². The lowest BCUT2D eigenvalue weighted by Crippen LogP contribution is -2.40. The lowest BCUT2D eigenvalue weighted by Gasteiger charge is -2.27. The van der Waals surface area contributed by atoms with Crippen LogP contribution in [0.4, 0.5) is 9.59 Å². The molecule has 17 heteroatoms. The minimum atomic E-state index is -4.36. The average molecular weight is 532 g/mol. The molecule has 2 unspecified atom stereocenters. The summed E-state index contributed by atoms with van der Waals surface area (Å²) in [6, 6.07) is -1.27. The van der Waals surface area contributed by atoms with Crippen LogP contribution in [0.5, 0.6) is 0 Å². The summed E-state index contributed by atoms with van der Waals surface area (Å²) in [5.41, 5.74) is -2.12. The van der Waals surface area contributed by atoms with E-state index in [0.717, 1.165) is 20.8 Å². The van der Waals surface area contributed by atoms with E-state index in [2.05, 4.69) is 5.32 Å². The molecule has 2 aliphatic heterocycles. The Morgan fingerprint density at radius 3 is 1.88 bits per heavy atom. The van der Waals surface area contributed by atoms with E-state index in [0.29, 0.717) is 0 Å². The summed E-state index contributed by atoms with van der Waals surface area (Å²) in [7, 11) is -8.70. The van der Waals surface area contributed by atoms with Gasteiger partial charge in [-0.15, -0.1) is 0 Å². The van der Waals surface area contributed by atoms with Crippen LogP contribution in [0.15, 0.2) is 0 Å². The van der Waals surface area contributed by atoms with Crippen molar-refractivity contribution in [3.8, 4) is 0 Å². The first-order valence-corrected chi connectivity index (χ1v) is 13.4. The predicted octanol–water partition coefficient (Wildman–Crippen LogP) is -0.467. The molecule has 0 spiro atoms. The van der Waals surface area contributed by atoms with Crippen molar-refractivity contribution >= 4 is 50.8 Å². The molecule has 0 aromatic carbocycles. The summed E-state index contributed by atoms with van der Waals surface area (Å²) in [6.07, 6.45) is -1.08. The lowest BCUT2D eigenvalue weighted by molar-refractivity contribution is -0.194. The highest BCUT2D eigenvalue weighted by Gasteiger charge is 2.50. The standard InChI is InChI=1S/C8H14ClN2O5P.C8H14N2O5P/c1-8(2)6(12)10(7(13)11(8)9)4-3-5-17(14,15)16;1-8(2)6(11)10(7(12)9-8)4-3-5-16(13,14)15/h3-5H2,1-2H3,(H2,14,15,16);4H,3,5H2,1-2H3,(H,9,12)(H2,13,14,15)/q;-1/p-2. The van der Waals surface area contributed by atoms with Crippen LogP contribution < -0.4 is 15.1 Å². The van der Waals surface area contributed by atoms with Gasteiger partial charge in [0.25, 0.3) is 11.9 Å². The Morgan fingerprint density at radius 1 is 1.00 bits per heavy atom. The van der Waals surface area contributed by atoms with Crippen LogP contribution >= 0.6 is 27.0 Å². The molecule has 0 aliphatic carbocycles. The summed E-state index contributed by atoms with van der Waals surface area (Å²) >= 11 is 5.67. The van der Waals surface area contributed by atoms with Gasteiger partial charge in [0, 0.05) is 24.5 Å². The summed E-state index contributed by atoms with van der Waals surface area (Å²) in [6.45, 7) is 7.15. The van der Waals surface area contributed by atoms with E-state index >= 15 is 0 Å². The second-order valence-electron chi connectivity index (χ2n) is 8.36. The van der Waals surface area contributed by atoms with E-state index in [-0.39, 0.29) is 19.4 Å². The van der Waals surface area contributed by atoms with Crippen molar-refractivity contribution in [2.45, 2.75) is 51.6 Å². The number of nitrogens with one attached hydrogen (secondary N) is 1. The molecule has 2 fully saturated rings.